The fourth-order valence-corrected chi connectivity index (χ4v) is 1.54. The average Bonchev–Trinajstić information content (AvgIpc) is 2.66. The molecule has 0 unspecified atom stereocenters. The van der Waals surface area contributed by atoms with Crippen LogP contribution in [0.1, 0.15) is 16.9 Å². The number of aromatic carboxylic acids is 1. The standard InChI is InChI=1S/C8H10N2O4S/c1-14-6(11)2-3-9-8-10-5(4-15-8)7(12)13/h4H,2-3H2,1H3,(H,9,10)(H,12,13). The Balaban J connectivity index is 2.38. The number of aromatic nitrogens is 1. The van der Waals surface area contributed by atoms with Gasteiger partial charge in [-0.3, -0.25) is 4.79 Å². The Morgan fingerprint density at radius 1 is 1.67 bits per heavy atom. The van der Waals surface area contributed by atoms with Crippen LogP contribution in [0.2, 0.25) is 0 Å². The number of methoxy groups -OCH3 is 1. The first kappa shape index (κ1) is 11.4. The molecule has 0 aliphatic carbocycles. The molecule has 0 fully saturated rings. The molecule has 82 valence electrons. The van der Waals surface area contributed by atoms with Crippen LogP contribution in [0.3, 0.4) is 0 Å². The summed E-state index contributed by atoms with van der Waals surface area (Å²) in [6.45, 7) is 0.374. The van der Waals surface area contributed by atoms with Gasteiger partial charge in [-0.1, -0.05) is 0 Å². The van der Waals surface area contributed by atoms with E-state index in [1.54, 1.807) is 0 Å². The highest BCUT2D eigenvalue weighted by Crippen LogP contribution is 2.14. The maximum absolute atomic E-state index is 10.7. The Bertz CT molecular complexity index is 363. The minimum Gasteiger partial charge on any atom is -0.476 e. The third-order valence-electron chi connectivity index (χ3n) is 1.56. The molecule has 0 amide bonds. The smallest absolute Gasteiger partial charge is 0.355 e. The van der Waals surface area contributed by atoms with E-state index in [-0.39, 0.29) is 18.1 Å². The average molecular weight is 230 g/mol. The second-order valence-corrected chi connectivity index (χ2v) is 3.45. The summed E-state index contributed by atoms with van der Waals surface area (Å²) < 4.78 is 4.44. The molecular weight excluding hydrogens is 220 g/mol. The highest BCUT2D eigenvalue weighted by molar-refractivity contribution is 7.13. The van der Waals surface area contributed by atoms with Gasteiger partial charge in [-0.25, -0.2) is 9.78 Å². The summed E-state index contributed by atoms with van der Waals surface area (Å²) in [6.07, 6.45) is 0.221. The van der Waals surface area contributed by atoms with Gasteiger partial charge in [0.25, 0.3) is 0 Å². The van der Waals surface area contributed by atoms with Gasteiger partial charge in [-0.15, -0.1) is 11.3 Å². The number of carboxylic acids is 1. The lowest BCUT2D eigenvalue weighted by atomic mass is 10.4. The first-order chi connectivity index (χ1) is 7.13. The first-order valence-electron chi connectivity index (χ1n) is 4.13. The number of carbonyl (C=O) groups is 2. The fourth-order valence-electron chi connectivity index (χ4n) is 0.827. The van der Waals surface area contributed by atoms with Crippen molar-refractivity contribution in [2.24, 2.45) is 0 Å². The normalized spacial score (nSPS) is 9.67. The summed E-state index contributed by atoms with van der Waals surface area (Å²) in [5.74, 6) is -1.38. The monoisotopic (exact) mass is 230 g/mol. The summed E-state index contributed by atoms with van der Waals surface area (Å²) in [5, 5.41) is 13.3. The van der Waals surface area contributed by atoms with Crippen molar-refractivity contribution in [3.63, 3.8) is 0 Å². The lowest BCUT2D eigenvalue weighted by molar-refractivity contribution is -0.140. The van der Waals surface area contributed by atoms with Crippen LogP contribution < -0.4 is 5.32 Å². The van der Waals surface area contributed by atoms with E-state index < -0.39 is 5.97 Å². The molecule has 0 radical (unpaired) electrons. The number of hydrogen-bond acceptors (Lipinski definition) is 6. The van der Waals surface area contributed by atoms with Gasteiger partial charge in [0.2, 0.25) is 0 Å². The molecule has 0 saturated heterocycles. The van der Waals surface area contributed by atoms with E-state index in [4.69, 9.17) is 5.11 Å². The van der Waals surface area contributed by atoms with Crippen LogP contribution >= 0.6 is 11.3 Å². The molecule has 0 atom stereocenters. The lowest BCUT2D eigenvalue weighted by Crippen LogP contribution is -2.09. The molecule has 0 spiro atoms. The van der Waals surface area contributed by atoms with Gasteiger partial charge in [0, 0.05) is 11.9 Å². The summed E-state index contributed by atoms with van der Waals surface area (Å²) >= 11 is 1.18. The summed E-state index contributed by atoms with van der Waals surface area (Å²) in [6, 6.07) is 0. The molecule has 1 aromatic heterocycles. The minimum atomic E-state index is -1.06. The van der Waals surface area contributed by atoms with E-state index in [0.29, 0.717) is 11.7 Å². The van der Waals surface area contributed by atoms with Gasteiger partial charge >= 0.3 is 11.9 Å². The van der Waals surface area contributed by atoms with Crippen LogP contribution in [0.15, 0.2) is 5.38 Å². The third kappa shape index (κ3) is 3.55. The number of ether oxygens (including phenoxy) is 1. The molecular formula is C8H10N2O4S. The van der Waals surface area contributed by atoms with Gasteiger partial charge in [-0.05, 0) is 0 Å². The zero-order chi connectivity index (χ0) is 11.3. The predicted octanol–water partition coefficient (Wildman–Crippen LogP) is 0.816. The number of nitrogens with one attached hydrogen (secondary N) is 1. The largest absolute Gasteiger partial charge is 0.476 e. The topological polar surface area (TPSA) is 88.5 Å². The van der Waals surface area contributed by atoms with E-state index >= 15 is 0 Å². The lowest BCUT2D eigenvalue weighted by Gasteiger charge is -2.00. The SMILES string of the molecule is COC(=O)CCNc1nc(C(=O)O)cs1. The van der Waals surface area contributed by atoms with Crippen molar-refractivity contribution in [3.05, 3.63) is 11.1 Å². The number of carbonyl (C=O) groups excluding carboxylic acids is 1. The number of nitrogens with zero attached hydrogens (tertiary/aromatic N) is 1. The Labute approximate surface area is 89.9 Å². The summed E-state index contributed by atoms with van der Waals surface area (Å²) in [7, 11) is 1.31. The van der Waals surface area contributed by atoms with Crippen molar-refractivity contribution in [1.29, 1.82) is 0 Å². The van der Waals surface area contributed by atoms with Crippen molar-refractivity contribution in [2.75, 3.05) is 19.0 Å². The molecule has 15 heavy (non-hydrogen) atoms. The number of esters is 1. The quantitative estimate of drug-likeness (QED) is 0.728. The second-order valence-electron chi connectivity index (χ2n) is 2.60. The highest BCUT2D eigenvalue weighted by atomic mass is 32.1. The van der Waals surface area contributed by atoms with Crippen molar-refractivity contribution in [2.45, 2.75) is 6.42 Å². The van der Waals surface area contributed by atoms with Crippen molar-refractivity contribution < 1.29 is 19.4 Å². The maximum atomic E-state index is 10.7. The minimum absolute atomic E-state index is 0.000526. The number of thiazole rings is 1. The molecule has 0 aliphatic rings. The second kappa shape index (κ2) is 5.30. The molecule has 1 aromatic rings. The van der Waals surface area contributed by atoms with Crippen LogP contribution in [-0.2, 0) is 9.53 Å². The molecule has 0 aromatic carbocycles. The Hall–Kier alpha value is -1.63. The van der Waals surface area contributed by atoms with E-state index in [1.807, 2.05) is 0 Å². The predicted molar refractivity (Wildman–Crippen MR) is 54.2 cm³/mol. The zero-order valence-electron chi connectivity index (χ0n) is 8.02. The zero-order valence-corrected chi connectivity index (χ0v) is 8.84. The molecule has 0 aliphatic heterocycles. The Kier molecular flexibility index (Phi) is 4.04. The number of anilines is 1. The molecule has 1 heterocycles. The van der Waals surface area contributed by atoms with E-state index in [9.17, 15) is 9.59 Å². The van der Waals surface area contributed by atoms with Crippen LogP contribution in [0.25, 0.3) is 0 Å². The number of carboxylic acid groups (broad SMARTS) is 1. The van der Waals surface area contributed by atoms with Gasteiger partial charge in [0.05, 0.1) is 13.5 Å². The van der Waals surface area contributed by atoms with Crippen LogP contribution in [0.4, 0.5) is 5.13 Å². The van der Waals surface area contributed by atoms with Crippen LogP contribution in [0, 0.1) is 0 Å². The van der Waals surface area contributed by atoms with Crippen molar-refractivity contribution in [3.8, 4) is 0 Å². The first-order valence-corrected chi connectivity index (χ1v) is 5.01. The van der Waals surface area contributed by atoms with Gasteiger partial charge in [0.15, 0.2) is 10.8 Å². The molecule has 2 N–H and O–H groups in total. The van der Waals surface area contributed by atoms with Crippen LogP contribution in [-0.4, -0.2) is 35.7 Å². The molecule has 0 saturated carbocycles. The summed E-state index contributed by atoms with van der Waals surface area (Å²) in [5.41, 5.74) is 0.000526. The number of rotatable bonds is 5. The van der Waals surface area contributed by atoms with Crippen molar-refractivity contribution >= 4 is 28.4 Å². The molecule has 6 nitrogen and oxygen atoms in total. The summed E-state index contributed by atoms with van der Waals surface area (Å²) in [4.78, 5) is 25.0. The highest BCUT2D eigenvalue weighted by Gasteiger charge is 2.08. The van der Waals surface area contributed by atoms with Gasteiger partial charge < -0.3 is 15.2 Å². The van der Waals surface area contributed by atoms with Crippen LogP contribution in [0.5, 0.6) is 0 Å². The van der Waals surface area contributed by atoms with E-state index in [1.165, 1.54) is 23.8 Å². The number of hydrogen-bond donors (Lipinski definition) is 2. The maximum Gasteiger partial charge on any atom is 0.355 e. The van der Waals surface area contributed by atoms with E-state index in [0.717, 1.165) is 0 Å². The Morgan fingerprint density at radius 3 is 2.93 bits per heavy atom. The van der Waals surface area contributed by atoms with Crippen molar-refractivity contribution in [1.82, 2.24) is 4.98 Å². The fraction of sp³-hybridized carbons (Fsp3) is 0.375. The molecule has 0 bridgehead atoms. The third-order valence-corrected chi connectivity index (χ3v) is 2.36. The molecule has 7 heteroatoms. The van der Waals surface area contributed by atoms with Gasteiger partial charge in [0.1, 0.15) is 0 Å². The van der Waals surface area contributed by atoms with Gasteiger partial charge in [-0.2, -0.15) is 0 Å². The van der Waals surface area contributed by atoms with E-state index in [2.05, 4.69) is 15.0 Å². The molecule has 1 rings (SSSR count). The Morgan fingerprint density at radius 2 is 2.40 bits per heavy atom.